The standard InChI is InChI=1S/C19H22N4O/c1-3-12-5-6-16-14(9-12)15(7-8-24-16)23-19-17-13(4-2)10-20-18(17)21-11-22-19/h5-6,9-11,15H,3-4,7-8H2,1-2H3,(H2,20,21,22,23)/t15-/m0/s1. The number of anilines is 1. The topological polar surface area (TPSA) is 62.8 Å². The molecule has 2 N–H and O–H groups in total. The minimum Gasteiger partial charge on any atom is -0.493 e. The fourth-order valence-electron chi connectivity index (χ4n) is 3.39. The van der Waals surface area contributed by atoms with Crippen molar-refractivity contribution in [3.8, 4) is 5.75 Å². The van der Waals surface area contributed by atoms with Gasteiger partial charge in [-0.15, -0.1) is 0 Å². The van der Waals surface area contributed by atoms with Crippen LogP contribution in [0.3, 0.4) is 0 Å². The van der Waals surface area contributed by atoms with Gasteiger partial charge in [-0.3, -0.25) is 0 Å². The number of aryl methyl sites for hydroxylation is 2. The molecule has 24 heavy (non-hydrogen) atoms. The lowest BCUT2D eigenvalue weighted by Gasteiger charge is -2.28. The van der Waals surface area contributed by atoms with Crippen LogP contribution in [0.5, 0.6) is 5.75 Å². The number of rotatable bonds is 4. The molecule has 1 atom stereocenters. The third-order valence-corrected chi connectivity index (χ3v) is 4.77. The molecule has 0 fully saturated rings. The van der Waals surface area contributed by atoms with E-state index in [-0.39, 0.29) is 6.04 Å². The molecule has 4 rings (SSSR count). The minimum absolute atomic E-state index is 0.206. The molecule has 0 unspecified atom stereocenters. The summed E-state index contributed by atoms with van der Waals surface area (Å²) < 4.78 is 5.83. The van der Waals surface area contributed by atoms with E-state index in [9.17, 15) is 0 Å². The molecule has 2 aromatic heterocycles. The van der Waals surface area contributed by atoms with Gasteiger partial charge in [0.05, 0.1) is 18.0 Å². The quantitative estimate of drug-likeness (QED) is 0.761. The summed E-state index contributed by atoms with van der Waals surface area (Å²) in [6.07, 6.45) is 6.54. The molecule has 0 spiro atoms. The lowest BCUT2D eigenvalue weighted by atomic mass is 9.97. The van der Waals surface area contributed by atoms with E-state index in [1.165, 1.54) is 16.7 Å². The summed E-state index contributed by atoms with van der Waals surface area (Å²) in [6, 6.07) is 6.69. The Morgan fingerprint density at radius 2 is 2.17 bits per heavy atom. The fourth-order valence-corrected chi connectivity index (χ4v) is 3.39. The van der Waals surface area contributed by atoms with Crippen molar-refractivity contribution in [3.63, 3.8) is 0 Å². The number of fused-ring (bicyclic) bond motifs is 2. The van der Waals surface area contributed by atoms with Crippen LogP contribution in [0.15, 0.2) is 30.7 Å². The molecule has 0 bridgehead atoms. The van der Waals surface area contributed by atoms with Gasteiger partial charge in [-0.2, -0.15) is 0 Å². The number of H-pyrrole nitrogens is 1. The maximum Gasteiger partial charge on any atom is 0.143 e. The summed E-state index contributed by atoms with van der Waals surface area (Å²) in [5.74, 6) is 1.88. The van der Waals surface area contributed by atoms with E-state index in [4.69, 9.17) is 4.74 Å². The summed E-state index contributed by atoms with van der Waals surface area (Å²) >= 11 is 0. The third-order valence-electron chi connectivity index (χ3n) is 4.77. The van der Waals surface area contributed by atoms with Crippen LogP contribution in [0.1, 0.15) is 43.0 Å². The Morgan fingerprint density at radius 1 is 1.25 bits per heavy atom. The number of benzene rings is 1. The molecule has 3 aromatic rings. The summed E-state index contributed by atoms with van der Waals surface area (Å²) in [5.41, 5.74) is 4.68. The van der Waals surface area contributed by atoms with Gasteiger partial charge in [0.25, 0.3) is 0 Å². The largest absolute Gasteiger partial charge is 0.493 e. The zero-order valence-electron chi connectivity index (χ0n) is 14.1. The first-order valence-corrected chi connectivity index (χ1v) is 8.63. The number of aromatic nitrogens is 3. The molecule has 124 valence electrons. The Labute approximate surface area is 141 Å². The summed E-state index contributed by atoms with van der Waals surface area (Å²) in [5, 5.41) is 4.74. The van der Waals surface area contributed by atoms with Gasteiger partial charge in [0.15, 0.2) is 0 Å². The van der Waals surface area contributed by atoms with Crippen LogP contribution in [0, 0.1) is 0 Å². The molecule has 1 aliphatic heterocycles. The molecule has 0 saturated carbocycles. The predicted octanol–water partition coefficient (Wildman–Crippen LogP) is 4.02. The highest BCUT2D eigenvalue weighted by Gasteiger charge is 2.23. The van der Waals surface area contributed by atoms with Gasteiger partial charge in [0.1, 0.15) is 23.5 Å². The van der Waals surface area contributed by atoms with Gasteiger partial charge in [-0.1, -0.05) is 26.0 Å². The molecule has 5 nitrogen and oxygen atoms in total. The van der Waals surface area contributed by atoms with Gasteiger partial charge >= 0.3 is 0 Å². The number of nitrogens with zero attached hydrogens (tertiary/aromatic N) is 2. The lowest BCUT2D eigenvalue weighted by Crippen LogP contribution is -2.21. The van der Waals surface area contributed by atoms with E-state index in [0.717, 1.165) is 48.5 Å². The zero-order valence-corrected chi connectivity index (χ0v) is 14.1. The summed E-state index contributed by atoms with van der Waals surface area (Å²) in [7, 11) is 0. The molecule has 0 amide bonds. The highest BCUT2D eigenvalue weighted by atomic mass is 16.5. The number of ether oxygens (including phenoxy) is 1. The van der Waals surface area contributed by atoms with Crippen molar-refractivity contribution >= 4 is 16.9 Å². The molecular formula is C19H22N4O. The van der Waals surface area contributed by atoms with Crippen LogP contribution in [0.4, 0.5) is 5.82 Å². The van der Waals surface area contributed by atoms with Gasteiger partial charge in [-0.25, -0.2) is 9.97 Å². The second kappa shape index (κ2) is 6.15. The predicted molar refractivity (Wildman–Crippen MR) is 95.6 cm³/mol. The van der Waals surface area contributed by atoms with E-state index in [1.54, 1.807) is 6.33 Å². The molecule has 3 heterocycles. The van der Waals surface area contributed by atoms with Crippen LogP contribution < -0.4 is 10.1 Å². The Kier molecular flexibility index (Phi) is 3.84. The number of hydrogen-bond donors (Lipinski definition) is 2. The van der Waals surface area contributed by atoms with Gasteiger partial charge < -0.3 is 15.0 Å². The van der Waals surface area contributed by atoms with Crippen LogP contribution in [0.25, 0.3) is 11.0 Å². The van der Waals surface area contributed by atoms with Crippen molar-refractivity contribution < 1.29 is 4.74 Å². The maximum absolute atomic E-state index is 5.83. The van der Waals surface area contributed by atoms with E-state index < -0.39 is 0 Å². The number of hydrogen-bond acceptors (Lipinski definition) is 4. The van der Waals surface area contributed by atoms with E-state index in [1.807, 2.05) is 6.20 Å². The summed E-state index contributed by atoms with van der Waals surface area (Å²) in [4.78, 5) is 12.1. The van der Waals surface area contributed by atoms with Crippen molar-refractivity contribution in [1.82, 2.24) is 15.0 Å². The second-order valence-electron chi connectivity index (χ2n) is 6.17. The average molecular weight is 322 g/mol. The van der Waals surface area contributed by atoms with Gasteiger partial charge in [0, 0.05) is 18.2 Å². The third kappa shape index (κ3) is 2.50. The first-order chi connectivity index (χ1) is 11.8. The monoisotopic (exact) mass is 322 g/mol. The van der Waals surface area contributed by atoms with Crippen molar-refractivity contribution in [2.24, 2.45) is 0 Å². The van der Waals surface area contributed by atoms with Crippen LogP contribution >= 0.6 is 0 Å². The number of nitrogens with one attached hydrogen (secondary N) is 2. The van der Waals surface area contributed by atoms with Crippen molar-refractivity contribution in [3.05, 3.63) is 47.4 Å². The molecule has 0 radical (unpaired) electrons. The first kappa shape index (κ1) is 15.0. The molecular weight excluding hydrogens is 300 g/mol. The normalized spacial score (nSPS) is 16.7. The smallest absolute Gasteiger partial charge is 0.143 e. The van der Waals surface area contributed by atoms with E-state index in [2.05, 4.69) is 52.3 Å². The summed E-state index contributed by atoms with van der Waals surface area (Å²) in [6.45, 7) is 5.05. The number of aromatic amines is 1. The lowest BCUT2D eigenvalue weighted by molar-refractivity contribution is 0.274. The van der Waals surface area contributed by atoms with Gasteiger partial charge in [-0.05, 0) is 30.0 Å². The molecule has 5 heteroatoms. The second-order valence-corrected chi connectivity index (χ2v) is 6.17. The first-order valence-electron chi connectivity index (χ1n) is 8.63. The molecule has 1 aliphatic rings. The molecule has 1 aromatic carbocycles. The molecule has 0 saturated heterocycles. The zero-order chi connectivity index (χ0) is 16.5. The Morgan fingerprint density at radius 3 is 3.00 bits per heavy atom. The van der Waals surface area contributed by atoms with Crippen molar-refractivity contribution in [2.75, 3.05) is 11.9 Å². The highest BCUT2D eigenvalue weighted by molar-refractivity contribution is 5.90. The average Bonchev–Trinajstić information content (AvgIpc) is 3.06. The van der Waals surface area contributed by atoms with E-state index >= 15 is 0 Å². The van der Waals surface area contributed by atoms with Crippen molar-refractivity contribution in [2.45, 2.75) is 39.2 Å². The SMILES string of the molecule is CCc1ccc2c(c1)[C@@H](Nc1ncnc3[nH]cc(CC)c13)CCO2. The van der Waals surface area contributed by atoms with Crippen molar-refractivity contribution in [1.29, 1.82) is 0 Å². The van der Waals surface area contributed by atoms with Crippen LogP contribution in [-0.4, -0.2) is 21.6 Å². The van der Waals surface area contributed by atoms with Gasteiger partial charge in [0.2, 0.25) is 0 Å². The van der Waals surface area contributed by atoms with E-state index in [0.29, 0.717) is 0 Å². The maximum atomic E-state index is 5.83. The highest BCUT2D eigenvalue weighted by Crippen LogP contribution is 2.36. The Hall–Kier alpha value is -2.56. The minimum atomic E-state index is 0.206. The van der Waals surface area contributed by atoms with Crippen LogP contribution in [0.2, 0.25) is 0 Å². The Balaban J connectivity index is 1.74. The fraction of sp³-hybridized carbons (Fsp3) is 0.368. The molecule has 0 aliphatic carbocycles. The van der Waals surface area contributed by atoms with Crippen LogP contribution in [-0.2, 0) is 12.8 Å². The Bertz CT molecular complexity index is 871.